The van der Waals surface area contributed by atoms with Crippen molar-refractivity contribution in [3.8, 4) is 0 Å². The first kappa shape index (κ1) is 20.0. The molecule has 0 aromatic heterocycles. The van der Waals surface area contributed by atoms with Gasteiger partial charge in [-0.25, -0.2) is 13.2 Å². The number of ether oxygens (including phenoxy) is 1. The minimum atomic E-state index is -2.91. The molecule has 4 rings (SSSR count). The van der Waals surface area contributed by atoms with Gasteiger partial charge in [-0.2, -0.15) is 0 Å². The predicted molar refractivity (Wildman–Crippen MR) is 109 cm³/mol. The van der Waals surface area contributed by atoms with Gasteiger partial charge in [-0.05, 0) is 24.1 Å². The number of nitrogens with one attached hydrogen (secondary N) is 1. The average Bonchev–Trinajstić information content (AvgIpc) is 3.00. The van der Waals surface area contributed by atoms with Crippen LogP contribution < -0.4 is 10.2 Å². The predicted octanol–water partition coefficient (Wildman–Crippen LogP) is 0.982. The van der Waals surface area contributed by atoms with Gasteiger partial charge in [0, 0.05) is 56.4 Å². The maximum Gasteiger partial charge on any atom is 0.407 e. The van der Waals surface area contributed by atoms with Crippen molar-refractivity contribution in [1.82, 2.24) is 10.2 Å². The van der Waals surface area contributed by atoms with E-state index in [1.165, 1.54) is 11.8 Å². The van der Waals surface area contributed by atoms with Crippen LogP contribution in [0, 0.1) is 5.92 Å². The molecule has 3 aliphatic heterocycles. The maximum absolute atomic E-state index is 12.3. The lowest BCUT2D eigenvalue weighted by Gasteiger charge is -2.42. The number of alkyl carbamates (subject to hydrolysis) is 1. The van der Waals surface area contributed by atoms with Crippen molar-refractivity contribution in [3.63, 3.8) is 0 Å². The SMILES string of the molecule is CS(=O)(=O)CC1CN(c2ccc(C3CN(C(=O)CC[C@@H]4COC(=O)N4)C3)cc2)C1. The molecule has 2 amide bonds. The summed E-state index contributed by atoms with van der Waals surface area (Å²) in [6, 6.07) is 8.32. The van der Waals surface area contributed by atoms with E-state index >= 15 is 0 Å². The highest BCUT2D eigenvalue weighted by Gasteiger charge is 2.33. The van der Waals surface area contributed by atoms with E-state index in [-0.39, 0.29) is 23.6 Å². The third-order valence-corrected chi connectivity index (χ3v) is 6.98. The van der Waals surface area contributed by atoms with Crippen LogP contribution >= 0.6 is 0 Å². The Bertz CT molecular complexity index is 874. The summed E-state index contributed by atoms with van der Waals surface area (Å²) < 4.78 is 27.6. The first-order valence-electron chi connectivity index (χ1n) is 10.0. The van der Waals surface area contributed by atoms with Crippen molar-refractivity contribution < 1.29 is 22.7 Å². The van der Waals surface area contributed by atoms with E-state index in [4.69, 9.17) is 4.74 Å². The molecule has 0 radical (unpaired) electrons. The third kappa shape index (κ3) is 4.83. The van der Waals surface area contributed by atoms with Crippen LogP contribution in [-0.4, -0.2) is 76.2 Å². The number of cyclic esters (lactones) is 1. The Kier molecular flexibility index (Phi) is 5.42. The van der Waals surface area contributed by atoms with Gasteiger partial charge < -0.3 is 19.9 Å². The van der Waals surface area contributed by atoms with Crippen molar-refractivity contribution >= 4 is 27.5 Å². The summed E-state index contributed by atoms with van der Waals surface area (Å²) in [7, 11) is -2.91. The van der Waals surface area contributed by atoms with E-state index in [0.717, 1.165) is 31.9 Å². The first-order valence-corrected chi connectivity index (χ1v) is 12.1. The first-order chi connectivity index (χ1) is 13.8. The van der Waals surface area contributed by atoms with E-state index in [1.54, 1.807) is 0 Å². The van der Waals surface area contributed by atoms with E-state index < -0.39 is 15.9 Å². The standard InChI is InChI=1S/C20H27N3O5S/c1-29(26,27)13-14-8-22(9-14)18-5-2-15(3-6-18)16-10-23(11-16)19(24)7-4-17-12-28-20(25)21-17/h2-3,5-6,14,16-17H,4,7-13H2,1H3,(H,21,25)/t17-/m1/s1. The smallest absolute Gasteiger partial charge is 0.407 e. The monoisotopic (exact) mass is 421 g/mol. The fraction of sp³-hybridized carbons (Fsp3) is 0.600. The van der Waals surface area contributed by atoms with E-state index in [0.29, 0.717) is 25.4 Å². The van der Waals surface area contributed by atoms with Crippen molar-refractivity contribution in [2.45, 2.75) is 24.8 Å². The highest BCUT2D eigenvalue weighted by molar-refractivity contribution is 7.90. The largest absolute Gasteiger partial charge is 0.447 e. The number of hydrogen-bond acceptors (Lipinski definition) is 6. The molecule has 158 valence electrons. The van der Waals surface area contributed by atoms with Gasteiger partial charge in [0.1, 0.15) is 16.4 Å². The Morgan fingerprint density at radius 3 is 2.45 bits per heavy atom. The van der Waals surface area contributed by atoms with Crippen LogP contribution in [0.2, 0.25) is 0 Å². The van der Waals surface area contributed by atoms with E-state index in [2.05, 4.69) is 34.5 Å². The van der Waals surface area contributed by atoms with Crippen molar-refractivity contribution in [2.24, 2.45) is 5.92 Å². The number of benzene rings is 1. The lowest BCUT2D eigenvalue weighted by atomic mass is 9.90. The lowest BCUT2D eigenvalue weighted by molar-refractivity contribution is -0.135. The van der Waals surface area contributed by atoms with Crippen LogP contribution in [0.15, 0.2) is 24.3 Å². The van der Waals surface area contributed by atoms with Crippen LogP contribution in [0.1, 0.15) is 24.3 Å². The normalized spacial score (nSPS) is 22.7. The van der Waals surface area contributed by atoms with Gasteiger partial charge in [0.15, 0.2) is 0 Å². The van der Waals surface area contributed by atoms with Crippen LogP contribution in [0.3, 0.4) is 0 Å². The van der Waals surface area contributed by atoms with Crippen molar-refractivity contribution in [3.05, 3.63) is 29.8 Å². The zero-order valence-electron chi connectivity index (χ0n) is 16.5. The third-order valence-electron chi connectivity index (χ3n) is 5.90. The average molecular weight is 422 g/mol. The second-order valence-electron chi connectivity index (χ2n) is 8.43. The maximum atomic E-state index is 12.3. The summed E-state index contributed by atoms with van der Waals surface area (Å²) in [6.07, 6.45) is 1.91. The van der Waals surface area contributed by atoms with Gasteiger partial charge >= 0.3 is 6.09 Å². The molecule has 0 saturated carbocycles. The number of sulfone groups is 1. The summed E-state index contributed by atoms with van der Waals surface area (Å²) in [5.74, 6) is 0.960. The van der Waals surface area contributed by atoms with Gasteiger partial charge in [0.2, 0.25) is 5.91 Å². The fourth-order valence-corrected chi connectivity index (χ4v) is 5.27. The van der Waals surface area contributed by atoms with Gasteiger partial charge in [0.25, 0.3) is 0 Å². The molecule has 3 aliphatic rings. The van der Waals surface area contributed by atoms with Gasteiger partial charge in [-0.1, -0.05) is 12.1 Å². The molecule has 0 aliphatic carbocycles. The Balaban J connectivity index is 1.19. The molecule has 0 unspecified atom stereocenters. The molecule has 9 heteroatoms. The molecule has 1 aromatic rings. The van der Waals surface area contributed by atoms with Crippen LogP contribution in [-0.2, 0) is 19.4 Å². The number of carbonyl (C=O) groups excluding carboxylic acids is 2. The quantitative estimate of drug-likeness (QED) is 0.705. The van der Waals surface area contributed by atoms with Gasteiger partial charge in [-0.15, -0.1) is 0 Å². The van der Waals surface area contributed by atoms with Crippen LogP contribution in [0.4, 0.5) is 10.5 Å². The van der Waals surface area contributed by atoms with E-state index in [9.17, 15) is 18.0 Å². The number of nitrogens with zero attached hydrogens (tertiary/aromatic N) is 2. The Morgan fingerprint density at radius 2 is 1.86 bits per heavy atom. The molecule has 3 fully saturated rings. The molecular formula is C20H27N3O5S. The molecule has 1 aromatic carbocycles. The van der Waals surface area contributed by atoms with Gasteiger partial charge in [-0.3, -0.25) is 4.79 Å². The number of hydrogen-bond donors (Lipinski definition) is 1. The molecular weight excluding hydrogens is 394 g/mol. The minimum Gasteiger partial charge on any atom is -0.447 e. The molecule has 3 saturated heterocycles. The Labute approximate surface area is 171 Å². The van der Waals surface area contributed by atoms with Gasteiger partial charge in [0.05, 0.1) is 11.8 Å². The highest BCUT2D eigenvalue weighted by Crippen LogP contribution is 2.31. The molecule has 0 bridgehead atoms. The Hall–Kier alpha value is -2.29. The number of carbonyl (C=O) groups is 2. The summed E-state index contributed by atoms with van der Waals surface area (Å²) >= 11 is 0. The summed E-state index contributed by atoms with van der Waals surface area (Å²) in [4.78, 5) is 27.3. The van der Waals surface area contributed by atoms with Crippen molar-refractivity contribution in [2.75, 3.05) is 49.7 Å². The lowest BCUT2D eigenvalue weighted by Crippen LogP contribution is -2.49. The van der Waals surface area contributed by atoms with Crippen molar-refractivity contribution in [1.29, 1.82) is 0 Å². The van der Waals surface area contributed by atoms with E-state index in [1.807, 2.05) is 4.90 Å². The number of anilines is 1. The number of rotatable bonds is 7. The fourth-order valence-electron chi connectivity index (χ4n) is 4.20. The second kappa shape index (κ2) is 7.85. The summed E-state index contributed by atoms with van der Waals surface area (Å²) in [5.41, 5.74) is 2.34. The number of likely N-dealkylation sites (tertiary alicyclic amines) is 1. The Morgan fingerprint density at radius 1 is 1.17 bits per heavy atom. The molecule has 1 atom stereocenters. The molecule has 29 heavy (non-hydrogen) atoms. The molecule has 3 heterocycles. The minimum absolute atomic E-state index is 0.0606. The topological polar surface area (TPSA) is 96.0 Å². The second-order valence-corrected chi connectivity index (χ2v) is 10.6. The highest BCUT2D eigenvalue weighted by atomic mass is 32.2. The van der Waals surface area contributed by atoms with Crippen LogP contribution in [0.25, 0.3) is 0 Å². The number of amides is 2. The van der Waals surface area contributed by atoms with Crippen LogP contribution in [0.5, 0.6) is 0 Å². The molecule has 8 nitrogen and oxygen atoms in total. The molecule has 1 N–H and O–H groups in total. The zero-order chi connectivity index (χ0) is 20.6. The zero-order valence-corrected chi connectivity index (χ0v) is 17.4. The molecule has 0 spiro atoms. The summed E-state index contributed by atoms with van der Waals surface area (Å²) in [5, 5.41) is 2.69. The summed E-state index contributed by atoms with van der Waals surface area (Å²) in [6.45, 7) is 3.36.